The second-order valence-electron chi connectivity index (χ2n) is 7.39. The van der Waals surface area contributed by atoms with Crippen molar-refractivity contribution in [3.8, 4) is 0 Å². The number of esters is 1. The first-order valence-corrected chi connectivity index (χ1v) is 11.1. The number of benzene rings is 1. The first-order chi connectivity index (χ1) is 13.9. The number of carbonyl (C=O) groups excluding carboxylic acids is 1. The van der Waals surface area contributed by atoms with Gasteiger partial charge in [-0.1, -0.05) is 32.3 Å². The van der Waals surface area contributed by atoms with Gasteiger partial charge in [-0.25, -0.2) is 9.59 Å². The maximum Gasteiger partial charge on any atom is 0.337 e. The number of hydrogen-bond acceptors (Lipinski definition) is 6. The molecule has 1 heterocycles. The molecular formula is C23H31NO4S. The average molecular weight is 418 g/mol. The minimum absolute atomic E-state index is 0.303. The van der Waals surface area contributed by atoms with E-state index in [1.54, 1.807) is 24.8 Å². The predicted octanol–water partition coefficient (Wildman–Crippen LogP) is 5.41. The molecule has 0 radical (unpaired) electrons. The molecule has 0 unspecified atom stereocenters. The van der Waals surface area contributed by atoms with Gasteiger partial charge in [0.25, 0.3) is 0 Å². The fourth-order valence-corrected chi connectivity index (χ4v) is 3.97. The molecule has 0 fully saturated rings. The van der Waals surface area contributed by atoms with E-state index < -0.39 is 0 Å². The molecule has 0 spiro atoms. The summed E-state index contributed by atoms with van der Waals surface area (Å²) in [6.07, 6.45) is 6.53. The lowest BCUT2D eigenvalue weighted by molar-refractivity contribution is -0.139. The molecule has 158 valence electrons. The van der Waals surface area contributed by atoms with Crippen molar-refractivity contribution in [3.05, 3.63) is 46.8 Å². The molecule has 0 aliphatic carbocycles. The van der Waals surface area contributed by atoms with Crippen LogP contribution in [0.2, 0.25) is 0 Å². The number of nitrogens with zero attached hydrogens (tertiary/aromatic N) is 1. The smallest absolute Gasteiger partial charge is 0.337 e. The average Bonchev–Trinajstić information content (AvgIpc) is 2.68. The largest absolute Gasteiger partial charge is 0.462 e. The Bertz CT molecular complexity index is 888. The summed E-state index contributed by atoms with van der Waals surface area (Å²) in [5.74, 6) is 0.673. The fraction of sp³-hybridized carbons (Fsp3) is 0.478. The molecule has 6 heteroatoms. The van der Waals surface area contributed by atoms with E-state index in [0.29, 0.717) is 17.8 Å². The minimum atomic E-state index is -0.303. The molecule has 0 aliphatic rings. The molecule has 1 aromatic carbocycles. The number of ether oxygens (including phenoxy) is 1. The van der Waals surface area contributed by atoms with Crippen molar-refractivity contribution >= 4 is 34.4 Å². The van der Waals surface area contributed by atoms with Crippen molar-refractivity contribution in [2.24, 2.45) is 0 Å². The van der Waals surface area contributed by atoms with E-state index in [9.17, 15) is 9.59 Å². The molecule has 0 saturated heterocycles. The number of fused-ring (bicyclic) bond motifs is 1. The van der Waals surface area contributed by atoms with Gasteiger partial charge < -0.3 is 14.1 Å². The van der Waals surface area contributed by atoms with E-state index in [2.05, 4.69) is 6.58 Å². The summed E-state index contributed by atoms with van der Waals surface area (Å²) in [7, 11) is 3.93. The Morgan fingerprint density at radius 2 is 1.79 bits per heavy atom. The van der Waals surface area contributed by atoms with Crippen LogP contribution in [-0.2, 0) is 9.53 Å². The summed E-state index contributed by atoms with van der Waals surface area (Å²) in [6.45, 7) is 5.70. The van der Waals surface area contributed by atoms with E-state index in [-0.39, 0.29) is 11.6 Å². The number of rotatable bonds is 12. The monoisotopic (exact) mass is 417 g/mol. The lowest BCUT2D eigenvalue weighted by atomic mass is 10.1. The molecule has 2 aromatic rings. The van der Waals surface area contributed by atoms with Crippen molar-refractivity contribution in [1.82, 2.24) is 0 Å². The van der Waals surface area contributed by atoms with Gasteiger partial charge in [0.2, 0.25) is 0 Å². The Morgan fingerprint density at radius 1 is 1.10 bits per heavy atom. The Hall–Kier alpha value is -2.21. The Balaban J connectivity index is 1.69. The quantitative estimate of drug-likeness (QED) is 0.151. The predicted molar refractivity (Wildman–Crippen MR) is 121 cm³/mol. The summed E-state index contributed by atoms with van der Waals surface area (Å²) in [5.41, 5.74) is 1.80. The molecule has 0 saturated carbocycles. The first kappa shape index (κ1) is 23.1. The molecule has 0 amide bonds. The Kier molecular flexibility index (Phi) is 9.32. The van der Waals surface area contributed by atoms with Gasteiger partial charge >= 0.3 is 11.6 Å². The van der Waals surface area contributed by atoms with Crippen LogP contribution in [0, 0.1) is 0 Å². The molecule has 2 rings (SSSR count). The highest BCUT2D eigenvalue weighted by Gasteiger charge is 2.08. The highest BCUT2D eigenvalue weighted by molar-refractivity contribution is 7.99. The summed E-state index contributed by atoms with van der Waals surface area (Å²) >= 11 is 1.72. The molecular weight excluding hydrogens is 386 g/mol. The van der Waals surface area contributed by atoms with Crippen molar-refractivity contribution in [3.63, 3.8) is 0 Å². The van der Waals surface area contributed by atoms with Crippen LogP contribution in [0.25, 0.3) is 11.0 Å². The molecule has 0 N–H and O–H groups in total. The van der Waals surface area contributed by atoms with Gasteiger partial charge in [-0.2, -0.15) is 0 Å². The van der Waals surface area contributed by atoms with E-state index >= 15 is 0 Å². The molecule has 0 atom stereocenters. The summed E-state index contributed by atoms with van der Waals surface area (Å²) in [6, 6.07) is 7.57. The van der Waals surface area contributed by atoms with Crippen LogP contribution in [0.3, 0.4) is 0 Å². The lowest BCUT2D eigenvalue weighted by Crippen LogP contribution is -2.08. The Morgan fingerprint density at radius 3 is 2.48 bits per heavy atom. The Labute approximate surface area is 177 Å². The first-order valence-electron chi connectivity index (χ1n) is 10.1. The van der Waals surface area contributed by atoms with Crippen molar-refractivity contribution in [2.45, 2.75) is 50.3 Å². The zero-order chi connectivity index (χ0) is 21.2. The number of unbranched alkanes of at least 4 members (excludes halogenated alkanes) is 5. The second kappa shape index (κ2) is 11.7. The molecule has 1 aromatic heterocycles. The lowest BCUT2D eigenvalue weighted by Gasteiger charge is -2.13. The van der Waals surface area contributed by atoms with Crippen molar-refractivity contribution in [1.29, 1.82) is 0 Å². The third kappa shape index (κ3) is 7.61. The van der Waals surface area contributed by atoms with Crippen LogP contribution >= 0.6 is 11.8 Å². The summed E-state index contributed by atoms with van der Waals surface area (Å²) in [5, 5.41) is 0.990. The third-order valence-corrected chi connectivity index (χ3v) is 5.73. The van der Waals surface area contributed by atoms with Gasteiger partial charge in [0.1, 0.15) is 5.58 Å². The van der Waals surface area contributed by atoms with E-state index in [1.165, 1.54) is 6.42 Å². The SMILES string of the molecule is C=C(C)C(=O)OCCCCCCCCSc1cc(=O)oc2cc(N(C)C)ccc12. The highest BCUT2D eigenvalue weighted by Crippen LogP contribution is 2.29. The van der Waals surface area contributed by atoms with Crippen molar-refractivity contribution in [2.75, 3.05) is 31.4 Å². The van der Waals surface area contributed by atoms with Crippen LogP contribution in [-0.4, -0.2) is 32.4 Å². The van der Waals surface area contributed by atoms with E-state index in [0.717, 1.165) is 53.8 Å². The number of thioether (sulfide) groups is 1. The maximum absolute atomic E-state index is 11.9. The maximum atomic E-state index is 11.9. The van der Waals surface area contributed by atoms with Crippen molar-refractivity contribution < 1.29 is 13.9 Å². The third-order valence-electron chi connectivity index (χ3n) is 4.58. The zero-order valence-corrected chi connectivity index (χ0v) is 18.5. The standard InChI is InChI=1S/C23H31NO4S/c1-17(2)23(26)27-13-9-7-5-6-8-10-14-29-21-16-22(25)28-20-15-18(24(3)4)11-12-19(20)21/h11-12,15-16H,1,5-10,13-14H2,2-4H3. The van der Waals surface area contributed by atoms with Crippen LogP contribution < -0.4 is 10.5 Å². The highest BCUT2D eigenvalue weighted by atomic mass is 32.2. The zero-order valence-electron chi connectivity index (χ0n) is 17.7. The second-order valence-corrected chi connectivity index (χ2v) is 8.53. The fourth-order valence-electron chi connectivity index (χ4n) is 2.90. The summed E-state index contributed by atoms with van der Waals surface area (Å²) in [4.78, 5) is 26.1. The van der Waals surface area contributed by atoms with Crippen LogP contribution in [0.15, 0.2) is 50.5 Å². The van der Waals surface area contributed by atoms with Crippen LogP contribution in [0.5, 0.6) is 0 Å². The van der Waals surface area contributed by atoms with Crippen LogP contribution in [0.4, 0.5) is 5.69 Å². The van der Waals surface area contributed by atoms with Gasteiger partial charge in [0.05, 0.1) is 6.61 Å². The molecule has 29 heavy (non-hydrogen) atoms. The van der Waals surface area contributed by atoms with Gasteiger partial charge in [-0.3, -0.25) is 0 Å². The van der Waals surface area contributed by atoms with Gasteiger partial charge in [0.15, 0.2) is 0 Å². The molecule has 0 bridgehead atoms. The van der Waals surface area contributed by atoms with E-state index in [1.807, 2.05) is 37.2 Å². The summed E-state index contributed by atoms with van der Waals surface area (Å²) < 4.78 is 10.5. The van der Waals surface area contributed by atoms with Gasteiger partial charge in [-0.05, 0) is 37.7 Å². The number of anilines is 1. The number of carbonyl (C=O) groups is 1. The van der Waals surface area contributed by atoms with Gasteiger partial charge in [0, 0.05) is 47.8 Å². The minimum Gasteiger partial charge on any atom is -0.462 e. The number of hydrogen-bond donors (Lipinski definition) is 0. The van der Waals surface area contributed by atoms with Crippen LogP contribution in [0.1, 0.15) is 45.4 Å². The topological polar surface area (TPSA) is 59.8 Å². The molecule has 0 aliphatic heterocycles. The normalized spacial score (nSPS) is 10.9. The van der Waals surface area contributed by atoms with Gasteiger partial charge in [-0.15, -0.1) is 11.8 Å². The van der Waals surface area contributed by atoms with E-state index in [4.69, 9.17) is 9.15 Å². The molecule has 5 nitrogen and oxygen atoms in total.